The largest absolute Gasteiger partial charge is 0.466 e. The number of methoxy groups -OCH3 is 1. The monoisotopic (exact) mass is 272 g/mol. The molecule has 0 aliphatic rings. The lowest BCUT2D eigenvalue weighted by Crippen LogP contribution is -2.16. The molecule has 0 radical (unpaired) electrons. The van der Waals surface area contributed by atoms with Crippen molar-refractivity contribution in [3.63, 3.8) is 0 Å². The van der Waals surface area contributed by atoms with Gasteiger partial charge in [0.25, 0.3) is 0 Å². The summed E-state index contributed by atoms with van der Waals surface area (Å²) in [6.07, 6.45) is -0.169. The highest BCUT2D eigenvalue weighted by molar-refractivity contribution is 6.30. The SMILES string of the molecule is CCOC(=O)Cc1c(Cl)nc(C)nc1C(=O)OC. The second-order valence-electron chi connectivity index (χ2n) is 3.36. The van der Waals surface area contributed by atoms with E-state index in [1.54, 1.807) is 13.8 Å². The molecule has 0 bridgehead atoms. The fourth-order valence-corrected chi connectivity index (χ4v) is 1.62. The highest BCUT2D eigenvalue weighted by Gasteiger charge is 2.21. The van der Waals surface area contributed by atoms with Crippen molar-refractivity contribution >= 4 is 23.5 Å². The Hall–Kier alpha value is -1.69. The summed E-state index contributed by atoms with van der Waals surface area (Å²) in [5, 5.41) is 0.0518. The molecule has 0 amide bonds. The van der Waals surface area contributed by atoms with Crippen LogP contribution in [0.4, 0.5) is 0 Å². The van der Waals surface area contributed by atoms with Crippen molar-refractivity contribution in [1.82, 2.24) is 9.97 Å². The van der Waals surface area contributed by atoms with Gasteiger partial charge in [-0.3, -0.25) is 4.79 Å². The smallest absolute Gasteiger partial charge is 0.357 e. The van der Waals surface area contributed by atoms with Gasteiger partial charge in [0, 0.05) is 5.56 Å². The van der Waals surface area contributed by atoms with E-state index >= 15 is 0 Å². The first-order chi connectivity index (χ1) is 8.49. The topological polar surface area (TPSA) is 78.4 Å². The maximum atomic E-state index is 11.6. The molecular formula is C11H13ClN2O4. The number of ether oxygens (including phenoxy) is 2. The van der Waals surface area contributed by atoms with E-state index in [0.717, 1.165) is 0 Å². The summed E-state index contributed by atoms with van der Waals surface area (Å²) in [7, 11) is 1.22. The molecule has 7 heteroatoms. The van der Waals surface area contributed by atoms with Crippen molar-refractivity contribution in [2.24, 2.45) is 0 Å². The van der Waals surface area contributed by atoms with Crippen LogP contribution in [0.15, 0.2) is 0 Å². The second kappa shape index (κ2) is 6.30. The van der Waals surface area contributed by atoms with Crippen LogP contribution in [0.3, 0.4) is 0 Å². The van der Waals surface area contributed by atoms with E-state index in [0.29, 0.717) is 5.82 Å². The van der Waals surface area contributed by atoms with Crippen LogP contribution in [0.5, 0.6) is 0 Å². The molecule has 98 valence electrons. The fraction of sp³-hybridized carbons (Fsp3) is 0.455. The van der Waals surface area contributed by atoms with Gasteiger partial charge in [-0.15, -0.1) is 0 Å². The Morgan fingerprint density at radius 2 is 2.00 bits per heavy atom. The Balaban J connectivity index is 3.15. The molecule has 0 atom stereocenters. The van der Waals surface area contributed by atoms with Crippen LogP contribution in [-0.4, -0.2) is 35.6 Å². The summed E-state index contributed by atoms with van der Waals surface area (Å²) in [5.74, 6) is -0.841. The van der Waals surface area contributed by atoms with Crippen LogP contribution in [0.1, 0.15) is 28.8 Å². The van der Waals surface area contributed by atoms with Gasteiger partial charge >= 0.3 is 11.9 Å². The molecule has 1 rings (SSSR count). The molecule has 1 aromatic heterocycles. The Morgan fingerprint density at radius 1 is 1.33 bits per heavy atom. The van der Waals surface area contributed by atoms with Gasteiger partial charge < -0.3 is 9.47 Å². The van der Waals surface area contributed by atoms with Gasteiger partial charge in [0.05, 0.1) is 20.1 Å². The fourth-order valence-electron chi connectivity index (χ4n) is 1.34. The lowest BCUT2D eigenvalue weighted by molar-refractivity contribution is -0.142. The Bertz CT molecular complexity index is 476. The Labute approximate surface area is 109 Å². The van der Waals surface area contributed by atoms with Gasteiger partial charge in [0.1, 0.15) is 11.0 Å². The molecular weight excluding hydrogens is 260 g/mol. The van der Waals surface area contributed by atoms with E-state index in [1.807, 2.05) is 0 Å². The number of hydrogen-bond acceptors (Lipinski definition) is 6. The van der Waals surface area contributed by atoms with E-state index in [2.05, 4.69) is 14.7 Å². The van der Waals surface area contributed by atoms with E-state index in [9.17, 15) is 9.59 Å². The quantitative estimate of drug-likeness (QED) is 0.608. The molecule has 0 saturated carbocycles. The average molecular weight is 273 g/mol. The van der Waals surface area contributed by atoms with Crippen LogP contribution in [-0.2, 0) is 20.7 Å². The minimum atomic E-state index is -0.665. The zero-order valence-electron chi connectivity index (χ0n) is 10.3. The highest BCUT2D eigenvalue weighted by Crippen LogP contribution is 2.19. The van der Waals surface area contributed by atoms with Crippen LogP contribution in [0.25, 0.3) is 0 Å². The first-order valence-corrected chi connectivity index (χ1v) is 5.64. The predicted molar refractivity (Wildman–Crippen MR) is 63.5 cm³/mol. The molecule has 0 unspecified atom stereocenters. The zero-order valence-corrected chi connectivity index (χ0v) is 11.1. The minimum Gasteiger partial charge on any atom is -0.466 e. The van der Waals surface area contributed by atoms with Gasteiger partial charge in [0.2, 0.25) is 0 Å². The number of carbonyl (C=O) groups is 2. The average Bonchev–Trinajstić information content (AvgIpc) is 2.31. The Morgan fingerprint density at radius 3 is 2.56 bits per heavy atom. The van der Waals surface area contributed by atoms with Crippen molar-refractivity contribution in [2.45, 2.75) is 20.3 Å². The molecule has 1 heterocycles. The summed E-state index contributed by atoms with van der Waals surface area (Å²) in [4.78, 5) is 30.8. The number of hydrogen-bond donors (Lipinski definition) is 0. The van der Waals surface area contributed by atoms with Crippen LogP contribution < -0.4 is 0 Å². The Kier molecular flexibility index (Phi) is 5.03. The summed E-state index contributed by atoms with van der Waals surface area (Å²) < 4.78 is 9.38. The normalized spacial score (nSPS) is 10.0. The third-order valence-electron chi connectivity index (χ3n) is 2.07. The van der Waals surface area contributed by atoms with E-state index in [-0.39, 0.29) is 29.4 Å². The van der Waals surface area contributed by atoms with Crippen molar-refractivity contribution in [2.75, 3.05) is 13.7 Å². The molecule has 18 heavy (non-hydrogen) atoms. The number of aryl methyl sites for hydroxylation is 1. The van der Waals surface area contributed by atoms with Gasteiger partial charge in [-0.1, -0.05) is 11.6 Å². The maximum absolute atomic E-state index is 11.6. The number of halogens is 1. The van der Waals surface area contributed by atoms with E-state index in [4.69, 9.17) is 16.3 Å². The molecule has 0 aliphatic carbocycles. The third-order valence-corrected chi connectivity index (χ3v) is 2.39. The van der Waals surface area contributed by atoms with E-state index in [1.165, 1.54) is 7.11 Å². The molecule has 0 spiro atoms. The van der Waals surface area contributed by atoms with Crippen LogP contribution in [0, 0.1) is 6.92 Å². The van der Waals surface area contributed by atoms with Gasteiger partial charge in [-0.25, -0.2) is 14.8 Å². The number of aromatic nitrogens is 2. The molecule has 0 N–H and O–H groups in total. The number of nitrogens with zero attached hydrogens (tertiary/aromatic N) is 2. The zero-order chi connectivity index (χ0) is 13.7. The lowest BCUT2D eigenvalue weighted by atomic mass is 10.1. The van der Waals surface area contributed by atoms with Gasteiger partial charge in [-0.05, 0) is 13.8 Å². The number of carbonyl (C=O) groups excluding carboxylic acids is 2. The minimum absolute atomic E-state index is 0.0111. The van der Waals surface area contributed by atoms with Crippen molar-refractivity contribution in [3.8, 4) is 0 Å². The van der Waals surface area contributed by atoms with Crippen LogP contribution in [0.2, 0.25) is 5.15 Å². The number of rotatable bonds is 4. The molecule has 0 fully saturated rings. The third kappa shape index (κ3) is 3.40. The first kappa shape index (κ1) is 14.4. The first-order valence-electron chi connectivity index (χ1n) is 5.26. The van der Waals surface area contributed by atoms with Crippen molar-refractivity contribution in [3.05, 3.63) is 22.2 Å². The van der Waals surface area contributed by atoms with Crippen LogP contribution >= 0.6 is 11.6 Å². The molecule has 0 aromatic carbocycles. The summed E-state index contributed by atoms with van der Waals surface area (Å²) in [6.45, 7) is 3.52. The van der Waals surface area contributed by atoms with Gasteiger partial charge in [0.15, 0.2) is 5.69 Å². The predicted octanol–water partition coefficient (Wildman–Crippen LogP) is 1.33. The maximum Gasteiger partial charge on any atom is 0.357 e. The lowest BCUT2D eigenvalue weighted by Gasteiger charge is -2.09. The van der Waals surface area contributed by atoms with Crippen molar-refractivity contribution in [1.29, 1.82) is 0 Å². The molecule has 1 aromatic rings. The summed E-state index contributed by atoms with van der Waals surface area (Å²) in [5.41, 5.74) is 0.204. The second-order valence-corrected chi connectivity index (χ2v) is 3.72. The molecule has 0 saturated heterocycles. The van der Waals surface area contributed by atoms with Crippen molar-refractivity contribution < 1.29 is 19.1 Å². The molecule has 6 nitrogen and oxygen atoms in total. The standard InChI is InChI=1S/C11H13ClN2O4/c1-4-18-8(15)5-7-9(11(16)17-3)13-6(2)14-10(7)12/h4-5H2,1-3H3. The highest BCUT2D eigenvalue weighted by atomic mass is 35.5. The molecule has 0 aliphatic heterocycles. The van der Waals surface area contributed by atoms with Gasteiger partial charge in [-0.2, -0.15) is 0 Å². The van der Waals surface area contributed by atoms with E-state index < -0.39 is 11.9 Å². The summed E-state index contributed by atoms with van der Waals surface area (Å²) >= 11 is 5.91. The summed E-state index contributed by atoms with van der Waals surface area (Å²) in [6, 6.07) is 0. The number of esters is 2.